The number of nitriles is 1. The number of esters is 1. The maximum atomic E-state index is 14.0. The first-order chi connectivity index (χ1) is 24.2. The fourth-order valence-electron chi connectivity index (χ4n) is 6.12. The zero-order valence-electron chi connectivity index (χ0n) is 27.3. The number of benzene rings is 2. The minimum absolute atomic E-state index is 0.00990. The highest BCUT2D eigenvalue weighted by molar-refractivity contribution is 7.89. The Kier molecular flexibility index (Phi) is 11.9. The number of nitrogens with one attached hydrogen (secondary N) is 2. The van der Waals surface area contributed by atoms with Crippen LogP contribution in [0.3, 0.4) is 0 Å². The highest BCUT2D eigenvalue weighted by atomic mass is 35.5. The molecule has 5 rings (SSSR count). The number of nitrogens with zero attached hydrogens (tertiary/aromatic N) is 4. The number of hydrogen-bond donors (Lipinski definition) is 2. The molecule has 51 heavy (non-hydrogen) atoms. The molecule has 3 aromatic rings. The summed E-state index contributed by atoms with van der Waals surface area (Å²) in [6, 6.07) is 10.6. The number of piperidine rings is 1. The lowest BCUT2D eigenvalue weighted by Crippen LogP contribution is -2.51. The summed E-state index contributed by atoms with van der Waals surface area (Å²) in [7, 11) is -4.35. The predicted octanol–water partition coefficient (Wildman–Crippen LogP) is 4.67. The quantitative estimate of drug-likeness (QED) is 0.265. The molecule has 2 N–H and O–H groups in total. The molecule has 0 unspecified atom stereocenters. The number of alkyl halides is 2. The second-order valence-electron chi connectivity index (χ2n) is 12.2. The molecule has 0 bridgehead atoms. The van der Waals surface area contributed by atoms with Gasteiger partial charge >= 0.3 is 5.97 Å². The lowest BCUT2D eigenvalue weighted by Gasteiger charge is -2.35. The summed E-state index contributed by atoms with van der Waals surface area (Å²) in [5.74, 6) is -4.92. The van der Waals surface area contributed by atoms with E-state index < -0.39 is 64.7 Å². The Hall–Kier alpha value is -4.20. The van der Waals surface area contributed by atoms with E-state index >= 15 is 0 Å². The summed E-state index contributed by atoms with van der Waals surface area (Å²) in [6.45, 7) is 1.50. The average molecular weight is 764 g/mol. The number of anilines is 1. The Morgan fingerprint density at radius 3 is 2.39 bits per heavy atom. The van der Waals surface area contributed by atoms with E-state index in [0.717, 1.165) is 4.31 Å². The van der Waals surface area contributed by atoms with Gasteiger partial charge in [0.15, 0.2) is 0 Å². The van der Waals surface area contributed by atoms with Crippen LogP contribution in [0.4, 0.5) is 14.5 Å². The fourth-order valence-corrected chi connectivity index (χ4v) is 8.33. The second kappa shape index (κ2) is 16.0. The number of likely N-dealkylation sites (tertiary alicyclic amines) is 1. The molecule has 3 heterocycles. The molecular formula is C34H34Cl2F2N6O6S. The highest BCUT2D eigenvalue weighted by Gasteiger charge is 2.48. The number of carbonyl (C=O) groups is 3. The molecule has 2 aliphatic heterocycles. The van der Waals surface area contributed by atoms with Gasteiger partial charge in [-0.15, -0.1) is 0 Å². The number of pyridine rings is 1. The van der Waals surface area contributed by atoms with Crippen molar-refractivity contribution in [3.63, 3.8) is 0 Å². The van der Waals surface area contributed by atoms with Crippen molar-refractivity contribution in [1.82, 2.24) is 19.5 Å². The van der Waals surface area contributed by atoms with Gasteiger partial charge in [-0.25, -0.2) is 22.0 Å². The van der Waals surface area contributed by atoms with E-state index in [2.05, 4.69) is 15.6 Å². The standard InChI is InChI=1S/C34H34Cl2F2N6O6S/c1-2-50-33(47)28(15-21-6-8-23(9-7-21)41-32(46)30-26(35)18-40-19-27(30)36)42-31(45)29-16-24(43-12-10-34(37,38)11-13-43)20-44(29)51(48,49)25-5-3-4-22(14-25)17-39/h3-9,14,18-19,24,28-29H,2,10-13,15-16,20H2,1H3,(H,41,46)(H,42,45)/t24-,28+,29+/m1/s1. The number of sulfonamides is 1. The summed E-state index contributed by atoms with van der Waals surface area (Å²) >= 11 is 12.2. The largest absolute Gasteiger partial charge is 0.464 e. The van der Waals surface area contributed by atoms with Gasteiger partial charge < -0.3 is 15.4 Å². The minimum Gasteiger partial charge on any atom is -0.464 e. The van der Waals surface area contributed by atoms with Crippen molar-refractivity contribution in [1.29, 1.82) is 5.26 Å². The van der Waals surface area contributed by atoms with E-state index in [4.69, 9.17) is 27.9 Å². The van der Waals surface area contributed by atoms with Crippen LogP contribution in [0.25, 0.3) is 0 Å². The number of halogens is 4. The van der Waals surface area contributed by atoms with Crippen LogP contribution in [0.15, 0.2) is 65.8 Å². The Balaban J connectivity index is 1.36. The van der Waals surface area contributed by atoms with Crippen molar-refractivity contribution < 1.29 is 36.3 Å². The monoisotopic (exact) mass is 762 g/mol. The van der Waals surface area contributed by atoms with Crippen LogP contribution in [0, 0.1) is 11.3 Å². The molecule has 2 saturated heterocycles. The van der Waals surface area contributed by atoms with Crippen LogP contribution in [-0.2, 0) is 30.8 Å². The molecule has 2 amide bonds. The molecule has 17 heteroatoms. The molecule has 0 radical (unpaired) electrons. The third-order valence-corrected chi connectivity index (χ3v) is 11.2. The van der Waals surface area contributed by atoms with E-state index in [9.17, 15) is 36.8 Å². The van der Waals surface area contributed by atoms with Crippen LogP contribution < -0.4 is 10.6 Å². The van der Waals surface area contributed by atoms with Gasteiger partial charge in [0, 0.05) is 63.0 Å². The third-order valence-electron chi connectivity index (χ3n) is 8.77. The third kappa shape index (κ3) is 9.00. The normalized spacial score (nSPS) is 19.8. The van der Waals surface area contributed by atoms with E-state index in [-0.39, 0.29) is 65.2 Å². The second-order valence-corrected chi connectivity index (χ2v) is 14.9. The summed E-state index contributed by atoms with van der Waals surface area (Å²) < 4.78 is 62.1. The number of carbonyl (C=O) groups excluding carboxylic acids is 3. The first kappa shape index (κ1) is 38.0. The van der Waals surface area contributed by atoms with Gasteiger partial charge in [-0.3, -0.25) is 19.5 Å². The zero-order chi connectivity index (χ0) is 36.9. The molecule has 0 spiro atoms. The Morgan fingerprint density at radius 2 is 1.76 bits per heavy atom. The van der Waals surface area contributed by atoms with Gasteiger partial charge in [0.05, 0.1) is 38.7 Å². The summed E-state index contributed by atoms with van der Waals surface area (Å²) in [5.41, 5.74) is 1.11. The van der Waals surface area contributed by atoms with Crippen LogP contribution in [0.5, 0.6) is 0 Å². The van der Waals surface area contributed by atoms with Gasteiger partial charge in [-0.2, -0.15) is 9.57 Å². The van der Waals surface area contributed by atoms with Crippen molar-refractivity contribution in [2.75, 3.05) is 31.6 Å². The van der Waals surface area contributed by atoms with Crippen LogP contribution in [-0.4, -0.2) is 90.7 Å². The maximum absolute atomic E-state index is 14.0. The van der Waals surface area contributed by atoms with Gasteiger partial charge in [0.2, 0.25) is 15.9 Å². The molecule has 2 aliphatic rings. The molecule has 0 saturated carbocycles. The van der Waals surface area contributed by atoms with Crippen molar-refractivity contribution in [2.24, 2.45) is 0 Å². The van der Waals surface area contributed by atoms with Crippen LogP contribution in [0.2, 0.25) is 10.0 Å². The van der Waals surface area contributed by atoms with Crippen LogP contribution in [0.1, 0.15) is 47.7 Å². The molecule has 0 aliphatic carbocycles. The van der Waals surface area contributed by atoms with Crippen molar-refractivity contribution in [3.8, 4) is 6.07 Å². The summed E-state index contributed by atoms with van der Waals surface area (Å²) in [5, 5.41) is 14.9. The van der Waals surface area contributed by atoms with Crippen molar-refractivity contribution in [3.05, 3.63) is 87.7 Å². The molecular weight excluding hydrogens is 729 g/mol. The molecule has 12 nitrogen and oxygen atoms in total. The van der Waals surface area contributed by atoms with Gasteiger partial charge in [-0.05, 0) is 49.2 Å². The van der Waals surface area contributed by atoms with E-state index in [1.165, 1.54) is 36.7 Å². The number of amides is 2. The highest BCUT2D eigenvalue weighted by Crippen LogP contribution is 2.34. The first-order valence-electron chi connectivity index (χ1n) is 16.0. The average Bonchev–Trinajstić information content (AvgIpc) is 3.55. The Morgan fingerprint density at radius 1 is 1.10 bits per heavy atom. The lowest BCUT2D eigenvalue weighted by molar-refractivity contribution is -0.147. The maximum Gasteiger partial charge on any atom is 0.328 e. The minimum atomic E-state index is -4.35. The molecule has 3 atom stereocenters. The van der Waals surface area contributed by atoms with Gasteiger partial charge in [0.25, 0.3) is 11.8 Å². The van der Waals surface area contributed by atoms with Gasteiger partial charge in [0.1, 0.15) is 12.1 Å². The topological polar surface area (TPSA) is 162 Å². The lowest BCUT2D eigenvalue weighted by atomic mass is 10.0. The summed E-state index contributed by atoms with van der Waals surface area (Å²) in [4.78, 5) is 45.3. The first-order valence-corrected chi connectivity index (χ1v) is 18.2. The molecule has 1 aromatic heterocycles. The zero-order valence-corrected chi connectivity index (χ0v) is 29.6. The number of ether oxygens (including phenoxy) is 1. The summed E-state index contributed by atoms with van der Waals surface area (Å²) in [6.07, 6.45) is 1.73. The predicted molar refractivity (Wildman–Crippen MR) is 184 cm³/mol. The van der Waals surface area contributed by atoms with E-state index in [1.54, 1.807) is 36.1 Å². The Bertz CT molecular complexity index is 1920. The van der Waals surface area contributed by atoms with E-state index in [1.807, 2.05) is 6.07 Å². The smallest absolute Gasteiger partial charge is 0.328 e. The van der Waals surface area contributed by atoms with Crippen molar-refractivity contribution >= 4 is 56.7 Å². The number of aromatic nitrogens is 1. The Labute approximate surface area is 303 Å². The molecule has 2 fully saturated rings. The van der Waals surface area contributed by atoms with Crippen molar-refractivity contribution in [2.45, 2.75) is 61.6 Å². The van der Waals surface area contributed by atoms with Crippen LogP contribution >= 0.6 is 23.2 Å². The number of rotatable bonds is 11. The SMILES string of the molecule is CCOC(=O)[C@H](Cc1ccc(NC(=O)c2c(Cl)cncc2Cl)cc1)NC(=O)[C@@H]1C[C@@H](N2CCC(F)(F)CC2)CN1S(=O)(=O)c1cccc(C#N)c1. The fraction of sp³-hybridized carbons (Fsp3) is 0.382. The molecule has 2 aromatic carbocycles. The molecule has 270 valence electrons. The van der Waals surface area contributed by atoms with Gasteiger partial charge in [-0.1, -0.05) is 41.4 Å². The number of hydrogen-bond acceptors (Lipinski definition) is 9. The van der Waals surface area contributed by atoms with E-state index in [0.29, 0.717) is 11.3 Å².